The second-order valence-electron chi connectivity index (χ2n) is 6.51. The molecule has 0 saturated heterocycles. The van der Waals surface area contributed by atoms with Crippen molar-refractivity contribution in [3.63, 3.8) is 0 Å². The molecule has 0 bridgehead atoms. The molecule has 0 aliphatic rings. The number of halogens is 1. The van der Waals surface area contributed by atoms with E-state index < -0.39 is 0 Å². The molecule has 3 rings (SSSR count). The van der Waals surface area contributed by atoms with Crippen LogP contribution in [0.5, 0.6) is 0 Å². The van der Waals surface area contributed by atoms with Crippen LogP contribution >= 0.6 is 12.4 Å². The van der Waals surface area contributed by atoms with Crippen LogP contribution in [0.25, 0.3) is 0 Å². The van der Waals surface area contributed by atoms with Crippen LogP contribution in [-0.2, 0) is 12.8 Å². The number of likely N-dealkylation sites (N-methyl/N-ethyl adjacent to an activating group) is 1. The van der Waals surface area contributed by atoms with Gasteiger partial charge in [0.25, 0.3) is 5.91 Å². The molecule has 2 atom stereocenters. The van der Waals surface area contributed by atoms with Crippen LogP contribution in [0.2, 0.25) is 0 Å². The maximum atomic E-state index is 12.6. The SMILES string of the molecule is CNC(C)Cc1noc(CC(NC(=O)c2ccccc2)c2ccccc2)n1.Cl. The van der Waals surface area contributed by atoms with Gasteiger partial charge in [0.2, 0.25) is 5.89 Å². The minimum Gasteiger partial charge on any atom is -0.345 e. The number of aromatic nitrogens is 2. The van der Waals surface area contributed by atoms with Crippen molar-refractivity contribution in [1.82, 2.24) is 20.8 Å². The highest BCUT2D eigenvalue weighted by atomic mass is 35.5. The molecule has 1 aromatic heterocycles. The van der Waals surface area contributed by atoms with E-state index in [0.29, 0.717) is 30.1 Å². The lowest BCUT2D eigenvalue weighted by atomic mass is 10.0. The summed E-state index contributed by atoms with van der Waals surface area (Å²) >= 11 is 0. The van der Waals surface area contributed by atoms with Gasteiger partial charge in [0.05, 0.1) is 12.5 Å². The van der Waals surface area contributed by atoms with E-state index in [1.54, 1.807) is 12.1 Å². The summed E-state index contributed by atoms with van der Waals surface area (Å²) in [5, 5.41) is 10.3. The van der Waals surface area contributed by atoms with Crippen LogP contribution in [-0.4, -0.2) is 29.1 Å². The number of carbonyl (C=O) groups is 1. The molecule has 2 N–H and O–H groups in total. The highest BCUT2D eigenvalue weighted by Crippen LogP contribution is 2.18. The first kappa shape index (κ1) is 21.6. The van der Waals surface area contributed by atoms with E-state index >= 15 is 0 Å². The summed E-state index contributed by atoms with van der Waals surface area (Å²) in [6, 6.07) is 19.0. The number of amides is 1. The molecule has 0 radical (unpaired) electrons. The third kappa shape index (κ3) is 5.90. The summed E-state index contributed by atoms with van der Waals surface area (Å²) in [4.78, 5) is 17.1. The Morgan fingerprint density at radius 2 is 1.68 bits per heavy atom. The number of nitrogens with one attached hydrogen (secondary N) is 2. The summed E-state index contributed by atoms with van der Waals surface area (Å²) in [7, 11) is 1.90. The third-order valence-corrected chi connectivity index (χ3v) is 4.41. The largest absolute Gasteiger partial charge is 0.345 e. The highest BCUT2D eigenvalue weighted by Gasteiger charge is 2.20. The molecule has 7 heteroatoms. The first-order valence-electron chi connectivity index (χ1n) is 9.05. The molecular weight excluding hydrogens is 376 g/mol. The van der Waals surface area contributed by atoms with Gasteiger partial charge < -0.3 is 15.2 Å². The van der Waals surface area contributed by atoms with E-state index in [4.69, 9.17) is 4.52 Å². The summed E-state index contributed by atoms with van der Waals surface area (Å²) < 4.78 is 5.41. The molecule has 0 fully saturated rings. The fourth-order valence-electron chi connectivity index (χ4n) is 2.78. The van der Waals surface area contributed by atoms with Crippen molar-refractivity contribution in [2.45, 2.75) is 31.8 Å². The van der Waals surface area contributed by atoms with Crippen molar-refractivity contribution < 1.29 is 9.32 Å². The predicted molar refractivity (Wildman–Crippen MR) is 111 cm³/mol. The summed E-state index contributed by atoms with van der Waals surface area (Å²) in [5.74, 6) is 1.04. The Kier molecular flexibility index (Phi) is 8.17. The Labute approximate surface area is 171 Å². The molecule has 1 amide bonds. The number of hydrogen-bond donors (Lipinski definition) is 2. The molecule has 1 heterocycles. The molecule has 28 heavy (non-hydrogen) atoms. The van der Waals surface area contributed by atoms with Crippen LogP contribution < -0.4 is 10.6 Å². The Morgan fingerprint density at radius 1 is 1.04 bits per heavy atom. The molecule has 6 nitrogen and oxygen atoms in total. The topological polar surface area (TPSA) is 80.0 Å². The molecule has 0 saturated carbocycles. The maximum absolute atomic E-state index is 12.6. The monoisotopic (exact) mass is 400 g/mol. The van der Waals surface area contributed by atoms with Gasteiger partial charge in [-0.25, -0.2) is 0 Å². The summed E-state index contributed by atoms with van der Waals surface area (Å²) in [6.07, 6.45) is 1.12. The van der Waals surface area contributed by atoms with Crippen LogP contribution in [0, 0.1) is 0 Å². The summed E-state index contributed by atoms with van der Waals surface area (Å²) in [6.45, 7) is 2.06. The first-order valence-corrected chi connectivity index (χ1v) is 9.05. The van der Waals surface area contributed by atoms with Gasteiger partial charge in [0.15, 0.2) is 5.82 Å². The molecule has 0 spiro atoms. The fraction of sp³-hybridized carbons (Fsp3) is 0.286. The average Bonchev–Trinajstić information content (AvgIpc) is 3.15. The van der Waals surface area contributed by atoms with Gasteiger partial charge in [0.1, 0.15) is 0 Å². The van der Waals surface area contributed by atoms with E-state index in [2.05, 4.69) is 27.7 Å². The van der Waals surface area contributed by atoms with Gasteiger partial charge in [-0.1, -0.05) is 53.7 Å². The van der Waals surface area contributed by atoms with Gasteiger partial charge >= 0.3 is 0 Å². The number of rotatable bonds is 8. The summed E-state index contributed by atoms with van der Waals surface area (Å²) in [5.41, 5.74) is 1.61. The fourth-order valence-corrected chi connectivity index (χ4v) is 2.78. The minimum atomic E-state index is -0.256. The zero-order valence-electron chi connectivity index (χ0n) is 16.0. The Balaban J connectivity index is 0.00000280. The highest BCUT2D eigenvalue weighted by molar-refractivity contribution is 5.94. The first-order chi connectivity index (χ1) is 13.2. The van der Waals surface area contributed by atoms with Gasteiger partial charge in [-0.2, -0.15) is 4.98 Å². The van der Waals surface area contributed by atoms with Crippen molar-refractivity contribution in [3.05, 3.63) is 83.5 Å². The molecule has 2 aromatic carbocycles. The standard InChI is InChI=1S/C21H24N4O2.ClH/c1-15(22-2)13-19-24-20(27-25-19)14-18(16-9-5-3-6-10-16)23-21(26)17-11-7-4-8-12-17;/h3-12,15,18,22H,13-14H2,1-2H3,(H,23,26);1H. The normalized spacial score (nSPS) is 12.6. The molecule has 0 aliphatic carbocycles. The maximum Gasteiger partial charge on any atom is 0.251 e. The Hall–Kier alpha value is -2.70. The number of carbonyl (C=O) groups excluding carboxylic acids is 1. The predicted octanol–water partition coefficient (Wildman–Crippen LogP) is 3.36. The molecule has 3 aromatic rings. The van der Waals surface area contributed by atoms with E-state index in [1.807, 2.05) is 55.6 Å². The van der Waals surface area contributed by atoms with Crippen LogP contribution in [0.15, 0.2) is 65.2 Å². The van der Waals surface area contributed by atoms with Crippen molar-refractivity contribution in [3.8, 4) is 0 Å². The lowest BCUT2D eigenvalue weighted by molar-refractivity contribution is 0.0935. The van der Waals surface area contributed by atoms with Crippen LogP contribution in [0.4, 0.5) is 0 Å². The lowest BCUT2D eigenvalue weighted by Gasteiger charge is -2.17. The van der Waals surface area contributed by atoms with E-state index in [9.17, 15) is 4.79 Å². The number of hydrogen-bond acceptors (Lipinski definition) is 5. The lowest BCUT2D eigenvalue weighted by Crippen LogP contribution is -2.30. The van der Waals surface area contributed by atoms with Gasteiger partial charge in [-0.15, -0.1) is 12.4 Å². The van der Waals surface area contributed by atoms with Gasteiger partial charge in [0, 0.05) is 18.0 Å². The number of nitrogens with zero attached hydrogens (tertiary/aromatic N) is 2. The third-order valence-electron chi connectivity index (χ3n) is 4.41. The van der Waals surface area contributed by atoms with Crippen molar-refractivity contribution in [1.29, 1.82) is 0 Å². The molecule has 2 unspecified atom stereocenters. The van der Waals surface area contributed by atoms with Crippen LogP contribution in [0.3, 0.4) is 0 Å². The quantitative estimate of drug-likeness (QED) is 0.606. The minimum absolute atomic E-state index is 0. The van der Waals surface area contributed by atoms with Crippen LogP contribution in [0.1, 0.15) is 40.6 Å². The average molecular weight is 401 g/mol. The Morgan fingerprint density at radius 3 is 2.32 bits per heavy atom. The zero-order valence-corrected chi connectivity index (χ0v) is 16.8. The Bertz CT molecular complexity index is 855. The van der Waals surface area contributed by atoms with Gasteiger partial charge in [-0.05, 0) is 31.7 Å². The van der Waals surface area contributed by atoms with E-state index in [-0.39, 0.29) is 30.4 Å². The van der Waals surface area contributed by atoms with Crippen molar-refractivity contribution >= 4 is 18.3 Å². The van der Waals surface area contributed by atoms with E-state index in [0.717, 1.165) is 5.56 Å². The van der Waals surface area contributed by atoms with Crippen molar-refractivity contribution in [2.24, 2.45) is 0 Å². The number of benzene rings is 2. The smallest absolute Gasteiger partial charge is 0.251 e. The van der Waals surface area contributed by atoms with Crippen molar-refractivity contribution in [2.75, 3.05) is 7.05 Å². The second kappa shape index (κ2) is 10.6. The molecular formula is C21H25ClN4O2. The van der Waals surface area contributed by atoms with Gasteiger partial charge in [-0.3, -0.25) is 4.79 Å². The molecule has 148 valence electrons. The zero-order chi connectivity index (χ0) is 19.1. The molecule has 0 aliphatic heterocycles. The van der Waals surface area contributed by atoms with E-state index in [1.165, 1.54) is 0 Å². The second-order valence-corrected chi connectivity index (χ2v) is 6.51.